The molecule has 0 bridgehead atoms. The number of aliphatic hydroxyl groups excluding tert-OH is 1. The Morgan fingerprint density at radius 2 is 2.00 bits per heavy atom. The third kappa shape index (κ3) is 4.89. The molecule has 0 fully saturated rings. The molecule has 8 nitrogen and oxygen atoms in total. The number of hydrogen-bond donors (Lipinski definition) is 4. The summed E-state index contributed by atoms with van der Waals surface area (Å²) < 4.78 is 50.2. The van der Waals surface area contributed by atoms with Crippen molar-refractivity contribution >= 4 is 28.5 Å². The third-order valence-corrected chi connectivity index (χ3v) is 4.26. The maximum absolute atomic E-state index is 13.9. The van der Waals surface area contributed by atoms with Crippen LogP contribution in [0, 0.1) is 24.4 Å². The highest BCUT2D eigenvalue weighted by Crippen LogP contribution is 2.31. The van der Waals surface area contributed by atoms with Crippen molar-refractivity contribution in [2.24, 2.45) is 0 Å². The van der Waals surface area contributed by atoms with E-state index in [1.54, 1.807) is 0 Å². The van der Waals surface area contributed by atoms with Crippen LogP contribution in [-0.4, -0.2) is 39.7 Å². The van der Waals surface area contributed by atoms with Crippen LogP contribution in [0.25, 0.3) is 0 Å². The number of anilines is 1. The largest absolute Gasteiger partial charge is 0.477 e. The number of carbonyl (C=O) groups is 2. The Kier molecular flexibility index (Phi) is 7.18. The van der Waals surface area contributed by atoms with Gasteiger partial charge in [0, 0.05) is 13.2 Å². The average Bonchev–Trinajstić information content (AvgIpc) is 3.02. The minimum absolute atomic E-state index is 0.133. The summed E-state index contributed by atoms with van der Waals surface area (Å²) in [6.07, 6.45) is 0.306. The Morgan fingerprint density at radius 3 is 2.64 bits per heavy atom. The van der Waals surface area contributed by atoms with E-state index in [0.29, 0.717) is 18.0 Å². The number of aliphatic hydroxyl groups is 1. The van der Waals surface area contributed by atoms with Gasteiger partial charge in [-0.3, -0.25) is 5.32 Å². The van der Waals surface area contributed by atoms with Gasteiger partial charge in [-0.15, -0.1) is 0 Å². The van der Waals surface area contributed by atoms with Gasteiger partial charge in [0.05, 0.1) is 5.56 Å². The van der Waals surface area contributed by atoms with Crippen LogP contribution in [0.3, 0.4) is 0 Å². The number of aryl methyl sites for hydroxylation is 1. The number of carbonyl (C=O) groups excluding carboxylic acids is 1. The van der Waals surface area contributed by atoms with E-state index in [-0.39, 0.29) is 23.7 Å². The molecule has 0 saturated carbocycles. The number of amides is 2. The van der Waals surface area contributed by atoms with Crippen LogP contribution in [0.4, 0.5) is 23.0 Å². The number of halogens is 3. The summed E-state index contributed by atoms with van der Waals surface area (Å²) in [4.78, 5) is 23.2. The average molecular weight is 419 g/mol. The number of rotatable bonds is 8. The summed E-state index contributed by atoms with van der Waals surface area (Å²) in [5, 5.41) is 22.5. The normalized spacial score (nSPS) is 10.6. The molecule has 0 saturated heterocycles. The first-order valence-corrected chi connectivity index (χ1v) is 8.68. The van der Waals surface area contributed by atoms with Crippen molar-refractivity contribution in [3.63, 3.8) is 0 Å². The zero-order valence-corrected chi connectivity index (χ0v) is 15.3. The minimum atomic E-state index is -1.49. The molecule has 28 heavy (non-hydrogen) atoms. The molecule has 1 aromatic carbocycles. The molecule has 1 aromatic heterocycles. The molecule has 2 rings (SSSR count). The number of hydrogen-bond acceptors (Lipinski definition) is 6. The topological polar surface area (TPSA) is 121 Å². The Morgan fingerprint density at radius 1 is 1.29 bits per heavy atom. The molecule has 2 aromatic rings. The molecule has 0 aliphatic heterocycles. The molecule has 12 heteroatoms. The number of nitrogens with zero attached hydrogens (tertiary/aromatic N) is 1. The summed E-state index contributed by atoms with van der Waals surface area (Å²) in [6, 6.07) is 0.0591. The van der Waals surface area contributed by atoms with E-state index in [9.17, 15) is 27.9 Å². The van der Waals surface area contributed by atoms with Crippen LogP contribution in [0.15, 0.2) is 6.07 Å². The van der Waals surface area contributed by atoms with Gasteiger partial charge in [-0.1, -0.05) is 0 Å². The zero-order chi connectivity index (χ0) is 20.8. The van der Waals surface area contributed by atoms with E-state index in [0.717, 1.165) is 6.07 Å². The maximum Gasteiger partial charge on any atom is 0.344 e. The first-order valence-electron chi connectivity index (χ1n) is 7.90. The van der Waals surface area contributed by atoms with E-state index in [1.807, 2.05) is 0 Å². The molecule has 0 unspecified atom stereocenters. The second kappa shape index (κ2) is 9.37. The Hall–Kier alpha value is -2.86. The molecule has 0 aliphatic rings. The molecule has 0 radical (unpaired) electrons. The highest BCUT2D eigenvalue weighted by Gasteiger charge is 2.25. The van der Waals surface area contributed by atoms with Crippen molar-refractivity contribution in [1.29, 1.82) is 0 Å². The summed E-state index contributed by atoms with van der Waals surface area (Å²) in [5.41, 5.74) is -1.46. The van der Waals surface area contributed by atoms with Crippen molar-refractivity contribution in [3.05, 3.63) is 40.2 Å². The lowest BCUT2D eigenvalue weighted by molar-refractivity contribution is 0.0693. The van der Waals surface area contributed by atoms with Crippen LogP contribution in [0.1, 0.15) is 27.9 Å². The van der Waals surface area contributed by atoms with Crippen LogP contribution in [0.2, 0.25) is 0 Å². The van der Waals surface area contributed by atoms with E-state index >= 15 is 0 Å². The monoisotopic (exact) mass is 419 g/mol. The van der Waals surface area contributed by atoms with E-state index in [1.165, 1.54) is 6.92 Å². The fourth-order valence-corrected chi connectivity index (χ4v) is 2.82. The fourth-order valence-electron chi connectivity index (χ4n) is 2.10. The van der Waals surface area contributed by atoms with Gasteiger partial charge < -0.3 is 20.3 Å². The van der Waals surface area contributed by atoms with Crippen molar-refractivity contribution < 1.29 is 37.7 Å². The highest BCUT2D eigenvalue weighted by atomic mass is 32.1. The number of nitrogens with one attached hydrogen (secondary N) is 2. The number of urea groups is 1. The van der Waals surface area contributed by atoms with Gasteiger partial charge in [-0.25, -0.2) is 22.8 Å². The lowest BCUT2D eigenvalue weighted by atomic mass is 10.1. The molecule has 0 atom stereocenters. The highest BCUT2D eigenvalue weighted by molar-refractivity contribution is 7.11. The van der Waals surface area contributed by atoms with Gasteiger partial charge in [0.25, 0.3) is 0 Å². The molecular weight excluding hydrogens is 403 g/mol. The number of ether oxygens (including phenoxy) is 1. The summed E-state index contributed by atoms with van der Waals surface area (Å²) in [7, 11) is 0. The van der Waals surface area contributed by atoms with Crippen molar-refractivity contribution in [2.75, 3.05) is 18.5 Å². The quantitative estimate of drug-likeness (QED) is 0.386. The molecule has 4 N–H and O–H groups in total. The standard InChI is InChI=1S/C16H16F3N3O5S/c1-7-5-9(17)8(12(19)11(7)18)6-27-13-10(15(24)25)14(28-22-13)21-16(26)20-3-2-4-23/h5,23H,2-4,6H2,1H3,(H,24,25)(H2,20,21,26). The van der Waals surface area contributed by atoms with Crippen LogP contribution >= 0.6 is 11.5 Å². The molecule has 1 heterocycles. The lowest BCUT2D eigenvalue weighted by Crippen LogP contribution is -2.30. The summed E-state index contributed by atoms with van der Waals surface area (Å²) >= 11 is 0.582. The zero-order valence-electron chi connectivity index (χ0n) is 14.5. The van der Waals surface area contributed by atoms with Crippen molar-refractivity contribution in [1.82, 2.24) is 9.69 Å². The second-order valence-corrected chi connectivity index (χ2v) is 6.30. The maximum atomic E-state index is 13.9. The molecule has 2 amide bonds. The van der Waals surface area contributed by atoms with Crippen molar-refractivity contribution in [2.45, 2.75) is 20.0 Å². The summed E-state index contributed by atoms with van der Waals surface area (Å²) in [6.45, 7) is 0.413. The van der Waals surface area contributed by atoms with Crippen LogP contribution < -0.4 is 15.4 Å². The number of aromatic carboxylic acids is 1. The first kappa shape index (κ1) is 21.4. The predicted molar refractivity (Wildman–Crippen MR) is 93.2 cm³/mol. The first-order chi connectivity index (χ1) is 13.3. The second-order valence-electron chi connectivity index (χ2n) is 5.53. The van der Waals surface area contributed by atoms with Crippen LogP contribution in [-0.2, 0) is 6.61 Å². The van der Waals surface area contributed by atoms with Gasteiger partial charge in [0.2, 0.25) is 5.88 Å². The Balaban J connectivity index is 2.17. The van der Waals surface area contributed by atoms with Gasteiger partial charge in [-0.2, -0.15) is 4.37 Å². The molecule has 0 spiro atoms. The van der Waals surface area contributed by atoms with Crippen molar-refractivity contribution in [3.8, 4) is 5.88 Å². The molecule has 152 valence electrons. The third-order valence-electron chi connectivity index (χ3n) is 3.51. The SMILES string of the molecule is Cc1cc(F)c(COc2nsc(NC(=O)NCCCO)c2C(=O)O)c(F)c1F. The van der Waals surface area contributed by atoms with Gasteiger partial charge >= 0.3 is 12.0 Å². The number of carboxylic acids is 1. The van der Waals surface area contributed by atoms with E-state index < -0.39 is 53.1 Å². The molecule has 0 aliphatic carbocycles. The summed E-state index contributed by atoms with van der Waals surface area (Å²) in [5.74, 6) is -5.71. The minimum Gasteiger partial charge on any atom is -0.477 e. The smallest absolute Gasteiger partial charge is 0.344 e. The van der Waals surface area contributed by atoms with Gasteiger partial charge in [0.1, 0.15) is 17.4 Å². The number of benzene rings is 1. The lowest BCUT2D eigenvalue weighted by Gasteiger charge is -2.09. The Bertz CT molecular complexity index is 891. The Labute approximate surface area is 161 Å². The fraction of sp³-hybridized carbons (Fsp3) is 0.312. The molecular formula is C16H16F3N3O5S. The van der Waals surface area contributed by atoms with Gasteiger partial charge in [0.15, 0.2) is 17.2 Å². The number of carboxylic acid groups (broad SMARTS) is 1. The predicted octanol–water partition coefficient (Wildman–Crippen LogP) is 2.65. The van der Waals surface area contributed by atoms with Crippen LogP contribution in [0.5, 0.6) is 5.88 Å². The number of aromatic nitrogens is 1. The van der Waals surface area contributed by atoms with E-state index in [4.69, 9.17) is 9.84 Å². The van der Waals surface area contributed by atoms with E-state index in [2.05, 4.69) is 15.0 Å². The van der Waals surface area contributed by atoms with Gasteiger partial charge in [-0.05, 0) is 36.5 Å².